The van der Waals surface area contributed by atoms with Gasteiger partial charge in [0, 0.05) is 12.1 Å². The van der Waals surface area contributed by atoms with Gasteiger partial charge in [0.25, 0.3) is 0 Å². The number of ether oxygens (including phenoxy) is 4. The van der Waals surface area contributed by atoms with E-state index in [1.54, 1.807) is 30.3 Å². The molecule has 8 nitrogen and oxygen atoms in total. The second-order valence-corrected chi connectivity index (χ2v) is 8.69. The first kappa shape index (κ1) is 24.9. The maximum atomic E-state index is 12.8. The van der Waals surface area contributed by atoms with Crippen molar-refractivity contribution in [2.75, 3.05) is 26.9 Å². The quantitative estimate of drug-likeness (QED) is 0.358. The smallest absolute Gasteiger partial charge is 0.306 e. The molecule has 0 radical (unpaired) electrons. The van der Waals surface area contributed by atoms with Gasteiger partial charge >= 0.3 is 5.97 Å². The first-order chi connectivity index (χ1) is 16.9. The third-order valence-electron chi connectivity index (χ3n) is 5.84. The van der Waals surface area contributed by atoms with Crippen LogP contribution in [0, 0.1) is 5.92 Å². The van der Waals surface area contributed by atoms with E-state index in [2.05, 4.69) is 0 Å². The van der Waals surface area contributed by atoms with Crippen LogP contribution in [0.3, 0.4) is 0 Å². The van der Waals surface area contributed by atoms with Crippen molar-refractivity contribution >= 4 is 28.5 Å². The van der Waals surface area contributed by atoms with Gasteiger partial charge in [0.2, 0.25) is 0 Å². The van der Waals surface area contributed by atoms with E-state index in [1.165, 1.54) is 13.2 Å². The van der Waals surface area contributed by atoms with Gasteiger partial charge in [0.15, 0.2) is 22.5 Å². The van der Waals surface area contributed by atoms with Crippen LogP contribution in [0.1, 0.15) is 26.2 Å². The normalized spacial score (nSPS) is 17.1. The second-order valence-electron chi connectivity index (χ2n) is 8.29. The predicted octanol–water partition coefficient (Wildman–Crippen LogP) is 5.17. The minimum absolute atomic E-state index is 0.0841. The van der Waals surface area contributed by atoms with Gasteiger partial charge in [-0.1, -0.05) is 24.6 Å². The lowest BCUT2D eigenvalue weighted by Crippen LogP contribution is -2.37. The fourth-order valence-electron chi connectivity index (χ4n) is 3.88. The number of hydrogen-bond acceptors (Lipinski definition) is 7. The van der Waals surface area contributed by atoms with Gasteiger partial charge in [-0.25, -0.2) is 0 Å². The van der Waals surface area contributed by atoms with Crippen LogP contribution in [-0.2, 0) is 9.53 Å². The number of carboxylic acids is 1. The van der Waals surface area contributed by atoms with E-state index >= 15 is 0 Å². The molecular formula is C26H27ClO8. The Hall–Kier alpha value is -3.23. The zero-order valence-corrected chi connectivity index (χ0v) is 20.3. The molecule has 0 atom stereocenters. The first-order valence-corrected chi connectivity index (χ1v) is 11.8. The zero-order valence-electron chi connectivity index (χ0n) is 19.5. The predicted molar refractivity (Wildman–Crippen MR) is 131 cm³/mol. The molecule has 1 aromatic heterocycles. The minimum Gasteiger partial charge on any atom is -0.493 e. The lowest BCUT2D eigenvalue weighted by molar-refractivity contribution is -0.151. The molecule has 186 valence electrons. The summed E-state index contributed by atoms with van der Waals surface area (Å²) in [7, 11) is 1.53. The third-order valence-corrected chi connectivity index (χ3v) is 6.14. The van der Waals surface area contributed by atoms with Crippen molar-refractivity contribution in [2.45, 2.75) is 32.3 Å². The number of para-hydroxylation sites is 1. The van der Waals surface area contributed by atoms with Crippen molar-refractivity contribution in [1.82, 2.24) is 0 Å². The number of benzene rings is 2. The number of hydrogen-bond donors (Lipinski definition) is 1. The molecule has 1 N–H and O–H groups in total. The van der Waals surface area contributed by atoms with Gasteiger partial charge < -0.3 is 28.5 Å². The molecule has 35 heavy (non-hydrogen) atoms. The molecular weight excluding hydrogens is 476 g/mol. The number of methoxy groups -OCH3 is 1. The average molecular weight is 503 g/mol. The van der Waals surface area contributed by atoms with Crippen molar-refractivity contribution in [1.29, 1.82) is 0 Å². The minimum atomic E-state index is -0.791. The number of aliphatic carboxylic acids is 1. The van der Waals surface area contributed by atoms with Gasteiger partial charge in [-0.3, -0.25) is 9.59 Å². The Bertz CT molecular complexity index is 1260. The number of halogens is 1. The molecule has 0 aliphatic heterocycles. The molecule has 1 heterocycles. The van der Waals surface area contributed by atoms with E-state index in [0.717, 1.165) is 6.42 Å². The Morgan fingerprint density at radius 3 is 2.57 bits per heavy atom. The fraction of sp³-hybridized carbons (Fsp3) is 0.385. The summed E-state index contributed by atoms with van der Waals surface area (Å²) in [4.78, 5) is 23.7. The summed E-state index contributed by atoms with van der Waals surface area (Å²) in [5.74, 6) is 0.532. The number of rotatable bonds is 11. The Morgan fingerprint density at radius 1 is 1.09 bits per heavy atom. The standard InChI is InChI=1S/C26H27ClO8/c1-3-7-33-24-14-21(34-9-8-32-16-10-15(11-16)26(29)30)18(12-23(24)31-2)22-13-20(28)17-5-4-6-19(27)25(17)35-22/h4-6,12-16H,3,7-11H2,1-2H3,(H,29,30)/t15-,16+. The second kappa shape index (κ2) is 11.0. The molecule has 9 heteroatoms. The van der Waals surface area contributed by atoms with E-state index < -0.39 is 5.97 Å². The molecule has 1 saturated carbocycles. The fourth-order valence-corrected chi connectivity index (χ4v) is 4.10. The van der Waals surface area contributed by atoms with Crippen molar-refractivity contribution in [3.8, 4) is 28.6 Å². The molecule has 4 rings (SSSR count). The number of carbonyl (C=O) groups is 1. The van der Waals surface area contributed by atoms with Crippen LogP contribution in [0.2, 0.25) is 5.02 Å². The van der Waals surface area contributed by atoms with Crippen LogP contribution < -0.4 is 19.6 Å². The van der Waals surface area contributed by atoms with Crippen molar-refractivity contribution in [3.05, 3.63) is 51.6 Å². The van der Waals surface area contributed by atoms with Crippen LogP contribution in [0.4, 0.5) is 0 Å². The maximum absolute atomic E-state index is 12.8. The van der Waals surface area contributed by atoms with E-state index in [9.17, 15) is 9.59 Å². The summed E-state index contributed by atoms with van der Waals surface area (Å²) >= 11 is 6.29. The first-order valence-electron chi connectivity index (χ1n) is 11.5. The molecule has 0 unspecified atom stereocenters. The van der Waals surface area contributed by atoms with Gasteiger partial charge in [-0.2, -0.15) is 0 Å². The van der Waals surface area contributed by atoms with Crippen LogP contribution in [-0.4, -0.2) is 44.1 Å². The van der Waals surface area contributed by atoms with E-state index in [1.807, 2.05) is 6.92 Å². The Labute approximate surface area is 207 Å². The van der Waals surface area contributed by atoms with Crippen LogP contribution in [0.15, 0.2) is 45.6 Å². The molecule has 2 aromatic carbocycles. The van der Waals surface area contributed by atoms with Crippen molar-refractivity contribution in [2.24, 2.45) is 5.92 Å². The SMILES string of the molecule is CCCOc1cc(OCCO[C@H]2C[C@@H](C(=O)O)C2)c(-c2cc(=O)c3cccc(Cl)c3o2)cc1OC. The van der Waals surface area contributed by atoms with Crippen LogP contribution in [0.25, 0.3) is 22.3 Å². The highest BCUT2D eigenvalue weighted by atomic mass is 35.5. The maximum Gasteiger partial charge on any atom is 0.306 e. The highest BCUT2D eigenvalue weighted by molar-refractivity contribution is 6.34. The summed E-state index contributed by atoms with van der Waals surface area (Å²) in [5.41, 5.74) is 0.551. The molecule has 0 amide bonds. The number of fused-ring (bicyclic) bond motifs is 1. The summed E-state index contributed by atoms with van der Waals surface area (Å²) in [6.45, 7) is 2.98. The van der Waals surface area contributed by atoms with Gasteiger partial charge in [-0.15, -0.1) is 0 Å². The summed E-state index contributed by atoms with van der Waals surface area (Å²) in [6.07, 6.45) is 1.73. The molecule has 1 aliphatic rings. The number of carboxylic acid groups (broad SMARTS) is 1. The molecule has 1 fully saturated rings. The average Bonchev–Trinajstić information content (AvgIpc) is 2.81. The summed E-state index contributed by atoms with van der Waals surface area (Å²) in [5, 5.41) is 9.71. The molecule has 0 spiro atoms. The van der Waals surface area contributed by atoms with Gasteiger partial charge in [0.1, 0.15) is 18.1 Å². The van der Waals surface area contributed by atoms with Crippen LogP contribution >= 0.6 is 11.6 Å². The van der Waals surface area contributed by atoms with E-state index in [0.29, 0.717) is 52.7 Å². The highest BCUT2D eigenvalue weighted by Crippen LogP contribution is 2.41. The largest absolute Gasteiger partial charge is 0.493 e. The van der Waals surface area contributed by atoms with E-state index in [-0.39, 0.29) is 42.0 Å². The topological polar surface area (TPSA) is 104 Å². The van der Waals surface area contributed by atoms with Gasteiger partial charge in [-0.05, 0) is 37.5 Å². The lowest BCUT2D eigenvalue weighted by Gasteiger charge is -2.32. The molecule has 0 bridgehead atoms. The van der Waals surface area contributed by atoms with E-state index in [4.69, 9.17) is 40.1 Å². The Balaban J connectivity index is 1.61. The van der Waals surface area contributed by atoms with Crippen molar-refractivity contribution in [3.63, 3.8) is 0 Å². The molecule has 3 aromatic rings. The Morgan fingerprint density at radius 2 is 1.86 bits per heavy atom. The third kappa shape index (κ3) is 5.55. The van der Waals surface area contributed by atoms with Crippen molar-refractivity contribution < 1.29 is 33.3 Å². The molecule has 0 saturated heterocycles. The highest BCUT2D eigenvalue weighted by Gasteiger charge is 2.35. The molecule has 1 aliphatic carbocycles. The summed E-state index contributed by atoms with van der Waals surface area (Å²) < 4.78 is 29.1. The summed E-state index contributed by atoms with van der Waals surface area (Å²) in [6, 6.07) is 9.80. The lowest BCUT2D eigenvalue weighted by atomic mass is 9.82. The zero-order chi connectivity index (χ0) is 24.9. The van der Waals surface area contributed by atoms with Gasteiger partial charge in [0.05, 0.1) is 48.3 Å². The monoisotopic (exact) mass is 502 g/mol. The van der Waals surface area contributed by atoms with Crippen LogP contribution in [0.5, 0.6) is 17.2 Å². The Kier molecular flexibility index (Phi) is 7.83.